The third kappa shape index (κ3) is 2.60. The van der Waals surface area contributed by atoms with Crippen molar-refractivity contribution < 1.29 is 23.6 Å². The number of barbiturate groups is 1. The van der Waals surface area contributed by atoms with Crippen LogP contribution in [-0.2, 0) is 14.4 Å². The molecule has 1 aromatic rings. The van der Waals surface area contributed by atoms with E-state index < -0.39 is 41.5 Å². The lowest BCUT2D eigenvalue weighted by atomic mass is 9.94. The zero-order chi connectivity index (χ0) is 15.7. The third-order valence-electron chi connectivity index (χ3n) is 3.20. The number of carbonyl (C=O) groups is 4. The number of primary amides is 1. The second-order valence-corrected chi connectivity index (χ2v) is 4.57. The number of hydrogen-bond donors (Lipinski definition) is 2. The first kappa shape index (κ1) is 14.6. The van der Waals surface area contributed by atoms with Crippen molar-refractivity contribution in [2.45, 2.75) is 18.9 Å². The number of halogens is 1. The molecule has 0 bridgehead atoms. The summed E-state index contributed by atoms with van der Waals surface area (Å²) in [7, 11) is 0. The summed E-state index contributed by atoms with van der Waals surface area (Å²) in [5.41, 5.74) is 5.30. The minimum absolute atomic E-state index is 0.216. The Hall–Kier alpha value is -2.77. The molecule has 1 aliphatic heterocycles. The molecule has 2 unspecified atom stereocenters. The fourth-order valence-electron chi connectivity index (χ4n) is 2.03. The summed E-state index contributed by atoms with van der Waals surface area (Å²) in [4.78, 5) is 47.6. The Morgan fingerprint density at radius 3 is 2.38 bits per heavy atom. The molecule has 1 aromatic carbocycles. The molecule has 1 aliphatic rings. The van der Waals surface area contributed by atoms with E-state index in [-0.39, 0.29) is 5.56 Å². The lowest BCUT2D eigenvalue weighted by molar-refractivity contribution is -0.143. The van der Waals surface area contributed by atoms with Gasteiger partial charge in [0.1, 0.15) is 17.8 Å². The molecule has 0 saturated carbocycles. The molecule has 7 nitrogen and oxygen atoms in total. The van der Waals surface area contributed by atoms with E-state index in [0.717, 1.165) is 12.1 Å². The number of hydrogen-bond acceptors (Lipinski definition) is 4. The van der Waals surface area contributed by atoms with Crippen LogP contribution in [0.15, 0.2) is 24.3 Å². The molecule has 0 spiro atoms. The molecule has 2 atom stereocenters. The first-order valence-electron chi connectivity index (χ1n) is 6.05. The predicted octanol–water partition coefficient (Wildman–Crippen LogP) is -0.139. The average Bonchev–Trinajstić information content (AvgIpc) is 2.40. The first-order valence-corrected chi connectivity index (χ1v) is 6.05. The minimum atomic E-state index is -1.33. The molecule has 5 amide bonds. The van der Waals surface area contributed by atoms with E-state index in [9.17, 15) is 23.6 Å². The predicted molar refractivity (Wildman–Crippen MR) is 68.2 cm³/mol. The van der Waals surface area contributed by atoms with Gasteiger partial charge in [0.15, 0.2) is 0 Å². The molecular formula is C13H12FN3O4. The van der Waals surface area contributed by atoms with Gasteiger partial charge in [0.25, 0.3) is 0 Å². The van der Waals surface area contributed by atoms with E-state index in [0.29, 0.717) is 4.90 Å². The maximum Gasteiger partial charge on any atom is 0.331 e. The molecule has 3 N–H and O–H groups in total. The summed E-state index contributed by atoms with van der Waals surface area (Å²) in [5.74, 6) is -4.44. The molecule has 2 rings (SSSR count). The quantitative estimate of drug-likeness (QED) is 0.756. The fourth-order valence-corrected chi connectivity index (χ4v) is 2.03. The van der Waals surface area contributed by atoms with Gasteiger partial charge in [-0.15, -0.1) is 0 Å². The molecule has 1 saturated heterocycles. The Labute approximate surface area is 118 Å². The van der Waals surface area contributed by atoms with Crippen molar-refractivity contribution in [2.75, 3.05) is 0 Å². The topological polar surface area (TPSA) is 110 Å². The van der Waals surface area contributed by atoms with Crippen molar-refractivity contribution in [3.63, 3.8) is 0 Å². The van der Waals surface area contributed by atoms with Crippen LogP contribution in [0.2, 0.25) is 0 Å². The SMILES string of the molecule is CC(C(N)=O)N1C(=O)NC(=O)C(c2ccc(F)cc2)C1=O. The van der Waals surface area contributed by atoms with Gasteiger partial charge in [0.05, 0.1) is 0 Å². The highest BCUT2D eigenvalue weighted by Gasteiger charge is 2.44. The van der Waals surface area contributed by atoms with Crippen LogP contribution in [0.4, 0.5) is 9.18 Å². The molecule has 0 aromatic heterocycles. The highest BCUT2D eigenvalue weighted by atomic mass is 19.1. The van der Waals surface area contributed by atoms with Gasteiger partial charge in [-0.05, 0) is 24.6 Å². The lowest BCUT2D eigenvalue weighted by Gasteiger charge is -2.32. The van der Waals surface area contributed by atoms with Gasteiger partial charge in [0.2, 0.25) is 17.7 Å². The summed E-state index contributed by atoms with van der Waals surface area (Å²) in [6, 6.07) is 2.51. The first-order chi connectivity index (χ1) is 9.82. The number of nitrogens with zero attached hydrogens (tertiary/aromatic N) is 1. The highest BCUT2D eigenvalue weighted by molar-refractivity contribution is 6.20. The minimum Gasteiger partial charge on any atom is -0.368 e. The molecule has 21 heavy (non-hydrogen) atoms. The number of rotatable bonds is 3. The van der Waals surface area contributed by atoms with Gasteiger partial charge in [-0.1, -0.05) is 12.1 Å². The van der Waals surface area contributed by atoms with Gasteiger partial charge >= 0.3 is 6.03 Å². The molecule has 1 heterocycles. The van der Waals surface area contributed by atoms with Crippen molar-refractivity contribution >= 4 is 23.8 Å². The standard InChI is InChI=1S/C13H12FN3O4/c1-6(10(15)18)17-12(20)9(11(19)16-13(17)21)7-2-4-8(14)5-3-7/h2-6,9H,1H3,(H2,15,18)(H,16,19,21). The van der Waals surface area contributed by atoms with Crippen LogP contribution in [-0.4, -0.2) is 34.7 Å². The number of nitrogens with two attached hydrogens (primary N) is 1. The second-order valence-electron chi connectivity index (χ2n) is 4.57. The normalized spacial score (nSPS) is 20.2. The second kappa shape index (κ2) is 5.31. The summed E-state index contributed by atoms with van der Waals surface area (Å²) in [5, 5.41) is 1.98. The van der Waals surface area contributed by atoms with Crippen molar-refractivity contribution in [1.82, 2.24) is 10.2 Å². The van der Waals surface area contributed by atoms with Crippen molar-refractivity contribution in [2.24, 2.45) is 5.73 Å². The van der Waals surface area contributed by atoms with Gasteiger partial charge in [-0.25, -0.2) is 9.18 Å². The van der Waals surface area contributed by atoms with Crippen molar-refractivity contribution in [3.8, 4) is 0 Å². The van der Waals surface area contributed by atoms with Gasteiger partial charge in [-0.2, -0.15) is 0 Å². The van der Waals surface area contributed by atoms with Crippen molar-refractivity contribution in [1.29, 1.82) is 0 Å². The van der Waals surface area contributed by atoms with E-state index in [4.69, 9.17) is 5.73 Å². The van der Waals surface area contributed by atoms with Gasteiger partial charge < -0.3 is 5.73 Å². The molecule has 0 aliphatic carbocycles. The Morgan fingerprint density at radius 1 is 1.29 bits per heavy atom. The van der Waals surface area contributed by atoms with Crippen LogP contribution < -0.4 is 11.1 Å². The molecule has 1 fully saturated rings. The third-order valence-corrected chi connectivity index (χ3v) is 3.20. The number of urea groups is 1. The van der Waals surface area contributed by atoms with Crippen LogP contribution >= 0.6 is 0 Å². The largest absolute Gasteiger partial charge is 0.368 e. The van der Waals surface area contributed by atoms with Gasteiger partial charge in [-0.3, -0.25) is 24.6 Å². The Kier molecular flexibility index (Phi) is 3.70. The molecule has 0 radical (unpaired) electrons. The summed E-state index contributed by atoms with van der Waals surface area (Å²) < 4.78 is 12.9. The smallest absolute Gasteiger partial charge is 0.331 e. The van der Waals surface area contributed by atoms with Gasteiger partial charge in [0, 0.05) is 0 Å². The molecular weight excluding hydrogens is 281 g/mol. The van der Waals surface area contributed by atoms with E-state index in [1.807, 2.05) is 5.32 Å². The number of carbonyl (C=O) groups excluding carboxylic acids is 4. The Bertz CT molecular complexity index is 629. The summed E-state index contributed by atoms with van der Waals surface area (Å²) in [6.45, 7) is 1.28. The molecule has 8 heteroatoms. The monoisotopic (exact) mass is 293 g/mol. The summed E-state index contributed by atoms with van der Waals surface area (Å²) in [6.07, 6.45) is 0. The van der Waals surface area contributed by atoms with Crippen LogP contribution in [0.25, 0.3) is 0 Å². The zero-order valence-corrected chi connectivity index (χ0v) is 11.0. The fraction of sp³-hybridized carbons (Fsp3) is 0.231. The summed E-state index contributed by atoms with van der Waals surface area (Å²) >= 11 is 0. The van der Waals surface area contributed by atoms with Crippen molar-refractivity contribution in [3.05, 3.63) is 35.6 Å². The Balaban J connectivity index is 2.39. The average molecular weight is 293 g/mol. The van der Waals surface area contributed by atoms with Crippen LogP contribution in [0.3, 0.4) is 0 Å². The van der Waals surface area contributed by atoms with Crippen LogP contribution in [0.1, 0.15) is 18.4 Å². The van der Waals surface area contributed by atoms with Crippen LogP contribution in [0, 0.1) is 5.82 Å². The molecule has 110 valence electrons. The van der Waals surface area contributed by atoms with E-state index in [1.54, 1.807) is 0 Å². The number of amides is 5. The van der Waals surface area contributed by atoms with Crippen LogP contribution in [0.5, 0.6) is 0 Å². The van der Waals surface area contributed by atoms with E-state index in [2.05, 4.69) is 0 Å². The Morgan fingerprint density at radius 2 is 1.86 bits per heavy atom. The zero-order valence-electron chi connectivity index (χ0n) is 11.0. The van der Waals surface area contributed by atoms with E-state index >= 15 is 0 Å². The maximum atomic E-state index is 12.9. The maximum absolute atomic E-state index is 12.9. The van der Waals surface area contributed by atoms with E-state index in [1.165, 1.54) is 19.1 Å². The number of imide groups is 2. The number of nitrogens with one attached hydrogen (secondary N) is 1. The lowest BCUT2D eigenvalue weighted by Crippen LogP contribution is -2.61. The number of benzene rings is 1. The highest BCUT2D eigenvalue weighted by Crippen LogP contribution is 2.24.